The summed E-state index contributed by atoms with van der Waals surface area (Å²) in [6, 6.07) is 4.25. The van der Waals surface area contributed by atoms with Crippen molar-refractivity contribution in [2.45, 2.75) is 18.8 Å². The van der Waals surface area contributed by atoms with Crippen molar-refractivity contribution in [1.29, 1.82) is 0 Å². The van der Waals surface area contributed by atoms with Crippen LogP contribution >= 0.6 is 12.4 Å². The quantitative estimate of drug-likeness (QED) is 0.873. The van der Waals surface area contributed by atoms with E-state index in [2.05, 4.69) is 10.1 Å². The summed E-state index contributed by atoms with van der Waals surface area (Å²) in [4.78, 5) is 0. The molecule has 3 nitrogen and oxygen atoms in total. The van der Waals surface area contributed by atoms with Crippen LogP contribution in [-0.4, -0.2) is 19.5 Å². The molecule has 0 amide bonds. The number of hydrogen-bond donors (Lipinski definition) is 2. The molecule has 0 atom stereocenters. The van der Waals surface area contributed by atoms with E-state index in [0.29, 0.717) is 18.7 Å². The fourth-order valence-electron chi connectivity index (χ4n) is 1.98. The Morgan fingerprint density at radius 2 is 1.94 bits per heavy atom. The topological polar surface area (TPSA) is 47.3 Å². The third-order valence-electron chi connectivity index (χ3n) is 2.85. The van der Waals surface area contributed by atoms with Crippen LogP contribution in [0.25, 0.3) is 0 Å². The monoisotopic (exact) mass is 282 g/mol. The number of rotatable bonds is 2. The Hall–Kier alpha value is -0.980. The van der Waals surface area contributed by atoms with E-state index in [-0.39, 0.29) is 18.2 Å². The molecule has 1 heterocycles. The molecule has 2 rings (SSSR count). The van der Waals surface area contributed by atoms with Crippen LogP contribution in [0.5, 0.6) is 5.75 Å². The molecular weight excluding hydrogens is 269 g/mol. The number of halogens is 4. The van der Waals surface area contributed by atoms with Gasteiger partial charge < -0.3 is 15.8 Å². The van der Waals surface area contributed by atoms with Crippen LogP contribution < -0.4 is 15.8 Å². The lowest BCUT2D eigenvalue weighted by molar-refractivity contribution is -0.274. The molecule has 1 saturated heterocycles. The molecule has 18 heavy (non-hydrogen) atoms. The van der Waals surface area contributed by atoms with Gasteiger partial charge in [0.15, 0.2) is 0 Å². The molecule has 3 N–H and O–H groups in total. The van der Waals surface area contributed by atoms with Gasteiger partial charge >= 0.3 is 6.36 Å². The molecule has 102 valence electrons. The first-order chi connectivity index (χ1) is 7.80. The molecule has 1 aliphatic heterocycles. The summed E-state index contributed by atoms with van der Waals surface area (Å²) in [7, 11) is 0. The van der Waals surface area contributed by atoms with E-state index >= 15 is 0 Å². The molecular formula is C11H14ClF3N2O. The third kappa shape index (κ3) is 3.07. The average Bonchev–Trinajstić information content (AvgIpc) is 2.12. The van der Waals surface area contributed by atoms with E-state index < -0.39 is 11.9 Å². The first-order valence-electron chi connectivity index (χ1n) is 5.17. The molecule has 0 bridgehead atoms. The fourth-order valence-corrected chi connectivity index (χ4v) is 1.98. The van der Waals surface area contributed by atoms with Gasteiger partial charge in [0.2, 0.25) is 0 Å². The van der Waals surface area contributed by atoms with E-state index in [1.807, 2.05) is 0 Å². The number of nitrogens with two attached hydrogens (primary N) is 1. The standard InChI is InChI=1S/C11H13F3N2O.ClH/c1-7-4-8(17-11(12,13)14)2-3-9(7)10(15)5-16-6-10;/h2-4,16H,5-6,15H2,1H3;1H. The number of benzene rings is 1. The zero-order valence-corrected chi connectivity index (χ0v) is 10.5. The van der Waals surface area contributed by atoms with Crippen LogP contribution in [0.1, 0.15) is 11.1 Å². The highest BCUT2D eigenvalue weighted by atomic mass is 35.5. The predicted molar refractivity (Wildman–Crippen MR) is 63.8 cm³/mol. The Balaban J connectivity index is 0.00000162. The molecule has 0 aliphatic carbocycles. The van der Waals surface area contributed by atoms with E-state index in [4.69, 9.17) is 5.73 Å². The van der Waals surface area contributed by atoms with Gasteiger partial charge in [-0.25, -0.2) is 0 Å². The number of ether oxygens (including phenoxy) is 1. The highest BCUT2D eigenvalue weighted by Crippen LogP contribution is 2.30. The van der Waals surface area contributed by atoms with Gasteiger partial charge in [-0.1, -0.05) is 6.07 Å². The molecule has 1 aromatic carbocycles. The van der Waals surface area contributed by atoms with Gasteiger partial charge in [-0.3, -0.25) is 0 Å². The van der Waals surface area contributed by atoms with E-state index in [9.17, 15) is 13.2 Å². The van der Waals surface area contributed by atoms with Crippen molar-refractivity contribution in [1.82, 2.24) is 5.32 Å². The Labute approximate surface area is 109 Å². The molecule has 1 aliphatic rings. The molecule has 1 aromatic rings. The summed E-state index contributed by atoms with van der Waals surface area (Å²) in [5, 5.41) is 3.04. The van der Waals surface area contributed by atoms with Crippen LogP contribution in [0.3, 0.4) is 0 Å². The normalized spacial score (nSPS) is 17.6. The van der Waals surface area contributed by atoms with E-state index in [1.165, 1.54) is 12.1 Å². The van der Waals surface area contributed by atoms with E-state index in [0.717, 1.165) is 5.56 Å². The van der Waals surface area contributed by atoms with Crippen molar-refractivity contribution in [3.05, 3.63) is 29.3 Å². The van der Waals surface area contributed by atoms with Crippen molar-refractivity contribution < 1.29 is 17.9 Å². The van der Waals surface area contributed by atoms with Gasteiger partial charge in [0, 0.05) is 13.1 Å². The van der Waals surface area contributed by atoms with E-state index in [1.54, 1.807) is 13.0 Å². The van der Waals surface area contributed by atoms with Gasteiger partial charge in [0.25, 0.3) is 0 Å². The molecule has 7 heteroatoms. The third-order valence-corrected chi connectivity index (χ3v) is 2.85. The average molecular weight is 283 g/mol. The lowest BCUT2D eigenvalue weighted by atomic mass is 9.83. The smallest absolute Gasteiger partial charge is 0.406 e. The number of alkyl halides is 3. The zero-order chi connectivity index (χ0) is 12.7. The van der Waals surface area contributed by atoms with Gasteiger partial charge in [-0.2, -0.15) is 0 Å². The molecule has 0 spiro atoms. The molecule has 0 radical (unpaired) electrons. The minimum absolute atomic E-state index is 0. The SMILES string of the molecule is Cc1cc(OC(F)(F)F)ccc1C1(N)CNC1.Cl. The Kier molecular flexibility index (Phi) is 4.15. The summed E-state index contributed by atoms with van der Waals surface area (Å²) in [6.45, 7) is 2.99. The van der Waals surface area contributed by atoms with Crippen molar-refractivity contribution in [2.24, 2.45) is 5.73 Å². The summed E-state index contributed by atoms with van der Waals surface area (Å²) < 4.78 is 39.9. The Morgan fingerprint density at radius 1 is 1.33 bits per heavy atom. The second kappa shape index (κ2) is 4.95. The molecule has 0 saturated carbocycles. The Morgan fingerprint density at radius 3 is 2.33 bits per heavy atom. The molecule has 0 aromatic heterocycles. The highest BCUT2D eigenvalue weighted by Gasteiger charge is 2.36. The predicted octanol–water partition coefficient (Wildman–Crippen LogP) is 2.07. The van der Waals surface area contributed by atoms with Crippen molar-refractivity contribution in [2.75, 3.05) is 13.1 Å². The van der Waals surface area contributed by atoms with Crippen LogP contribution in [-0.2, 0) is 5.54 Å². The summed E-state index contributed by atoms with van der Waals surface area (Å²) >= 11 is 0. The summed E-state index contributed by atoms with van der Waals surface area (Å²) in [5.74, 6) is -0.213. The van der Waals surface area contributed by atoms with Gasteiger partial charge in [-0.05, 0) is 30.2 Å². The fraction of sp³-hybridized carbons (Fsp3) is 0.455. The summed E-state index contributed by atoms with van der Waals surface area (Å²) in [5.41, 5.74) is 7.16. The molecule has 0 unspecified atom stereocenters. The zero-order valence-electron chi connectivity index (χ0n) is 9.67. The maximum atomic E-state index is 12.0. The first kappa shape index (κ1) is 15.1. The lowest BCUT2D eigenvalue weighted by Gasteiger charge is -2.40. The van der Waals surface area contributed by atoms with Crippen molar-refractivity contribution in [3.8, 4) is 5.75 Å². The first-order valence-corrected chi connectivity index (χ1v) is 5.17. The Bertz CT molecular complexity index is 433. The minimum Gasteiger partial charge on any atom is -0.406 e. The van der Waals surface area contributed by atoms with Crippen molar-refractivity contribution >= 4 is 12.4 Å². The number of nitrogens with one attached hydrogen (secondary N) is 1. The molecule has 1 fully saturated rings. The van der Waals surface area contributed by atoms with Crippen molar-refractivity contribution in [3.63, 3.8) is 0 Å². The largest absolute Gasteiger partial charge is 0.573 e. The van der Waals surface area contributed by atoms with Gasteiger partial charge in [0.05, 0.1) is 5.54 Å². The van der Waals surface area contributed by atoms with Gasteiger partial charge in [0.1, 0.15) is 5.75 Å². The maximum Gasteiger partial charge on any atom is 0.573 e. The number of hydrogen-bond acceptors (Lipinski definition) is 3. The summed E-state index contributed by atoms with van der Waals surface area (Å²) in [6.07, 6.45) is -4.66. The van der Waals surface area contributed by atoms with Crippen LogP contribution in [0.15, 0.2) is 18.2 Å². The maximum absolute atomic E-state index is 12.0. The van der Waals surface area contributed by atoms with Crippen LogP contribution in [0.2, 0.25) is 0 Å². The highest BCUT2D eigenvalue weighted by molar-refractivity contribution is 5.85. The second-order valence-electron chi connectivity index (χ2n) is 4.28. The van der Waals surface area contributed by atoms with Crippen LogP contribution in [0.4, 0.5) is 13.2 Å². The second-order valence-corrected chi connectivity index (χ2v) is 4.28. The van der Waals surface area contributed by atoms with Gasteiger partial charge in [-0.15, -0.1) is 25.6 Å². The van der Waals surface area contributed by atoms with Crippen LogP contribution in [0, 0.1) is 6.92 Å². The lowest BCUT2D eigenvalue weighted by Crippen LogP contribution is -2.63. The number of aryl methyl sites for hydroxylation is 1. The minimum atomic E-state index is -4.66.